The minimum atomic E-state index is -1.33. The highest BCUT2D eigenvalue weighted by Crippen LogP contribution is 2.35. The molecule has 45 heavy (non-hydrogen) atoms. The van der Waals surface area contributed by atoms with E-state index in [0.717, 1.165) is 75.4 Å². The highest BCUT2D eigenvalue weighted by molar-refractivity contribution is 7.86. The van der Waals surface area contributed by atoms with Gasteiger partial charge in [0, 0.05) is 85.9 Å². The molecule has 246 valence electrons. The van der Waals surface area contributed by atoms with Gasteiger partial charge in [0.15, 0.2) is 5.82 Å². The minimum absolute atomic E-state index is 0.246. The van der Waals surface area contributed by atoms with Crippen LogP contribution in [0.1, 0.15) is 45.4 Å². The summed E-state index contributed by atoms with van der Waals surface area (Å²) in [7, 11) is 0.796. The zero-order chi connectivity index (χ0) is 32.3. The van der Waals surface area contributed by atoms with Crippen LogP contribution in [0.15, 0.2) is 23.4 Å². The Kier molecular flexibility index (Phi) is 10.4. The molecule has 1 unspecified atom stereocenters. The van der Waals surface area contributed by atoms with Crippen LogP contribution >= 0.6 is 0 Å². The van der Waals surface area contributed by atoms with Crippen molar-refractivity contribution in [2.24, 2.45) is 0 Å². The fourth-order valence-corrected chi connectivity index (χ4v) is 6.86. The monoisotopic (exact) mass is 639 g/mol. The number of anilines is 2. The predicted molar refractivity (Wildman–Crippen MR) is 179 cm³/mol. The number of aromatic nitrogens is 4. The van der Waals surface area contributed by atoms with Crippen molar-refractivity contribution in [3.05, 3.63) is 29.7 Å². The molecule has 0 saturated carbocycles. The van der Waals surface area contributed by atoms with Gasteiger partial charge in [-0.25, -0.2) is 9.97 Å². The van der Waals surface area contributed by atoms with E-state index in [4.69, 9.17) is 4.74 Å². The number of fused-ring (bicyclic) bond motifs is 1. The fraction of sp³-hybridized carbons (Fsp3) is 0.625. The molecule has 2 atom stereocenters. The molecule has 1 aromatic carbocycles. The van der Waals surface area contributed by atoms with E-state index in [9.17, 15) is 9.00 Å². The number of nitrogens with zero attached hydrogens (tertiary/aromatic N) is 7. The molecule has 5 rings (SSSR count). The second-order valence-corrected chi connectivity index (χ2v) is 15.6. The van der Waals surface area contributed by atoms with Gasteiger partial charge in [0.1, 0.15) is 17.9 Å². The molecule has 3 aromatic rings. The zero-order valence-electron chi connectivity index (χ0n) is 27.9. The lowest BCUT2D eigenvalue weighted by molar-refractivity contribution is -0.135. The van der Waals surface area contributed by atoms with Gasteiger partial charge in [-0.05, 0) is 61.1 Å². The van der Waals surface area contributed by atoms with Crippen molar-refractivity contribution in [3.63, 3.8) is 0 Å². The van der Waals surface area contributed by atoms with Crippen LogP contribution in [0.3, 0.4) is 0 Å². The molecule has 2 aliphatic rings. The number of carbonyl (C=O) groups excluding carboxylic acids is 1. The number of likely N-dealkylation sites (N-methyl/N-ethyl adjacent to an activating group) is 1. The summed E-state index contributed by atoms with van der Waals surface area (Å²) in [5.41, 5.74) is 2.70. The van der Waals surface area contributed by atoms with Crippen molar-refractivity contribution in [2.45, 2.75) is 63.6 Å². The molecule has 4 heterocycles. The summed E-state index contributed by atoms with van der Waals surface area (Å²) in [6.07, 6.45) is 2.36. The Morgan fingerprint density at radius 2 is 1.80 bits per heavy atom. The number of carbonyl (C=O) groups is 1. The summed E-state index contributed by atoms with van der Waals surface area (Å²) >= 11 is 0. The summed E-state index contributed by atoms with van der Waals surface area (Å²) in [6, 6.07) is 4.18. The number of piperazine rings is 2. The maximum absolute atomic E-state index is 13.7. The number of benzene rings is 1. The van der Waals surface area contributed by atoms with Crippen molar-refractivity contribution in [2.75, 3.05) is 77.9 Å². The number of aryl methyl sites for hydroxylation is 1. The molecule has 2 aliphatic heterocycles. The molecule has 0 spiro atoms. The SMILES string of the molecule is Cc1[nH]nc(Nc2ncnc3cc(OCCCN4CCN(CC(=O)N5CCN(C)[C@H](C)C5)CC4)c(S(=O)C(C)(C)C)cc23)c1C. The van der Waals surface area contributed by atoms with Gasteiger partial charge in [0.2, 0.25) is 5.91 Å². The number of hydrogen-bond donors (Lipinski definition) is 2. The van der Waals surface area contributed by atoms with Crippen LogP contribution in [0.25, 0.3) is 10.9 Å². The first kappa shape index (κ1) is 33.2. The number of amides is 1. The Hall–Kier alpha value is -3.13. The van der Waals surface area contributed by atoms with Gasteiger partial charge in [0.25, 0.3) is 0 Å². The zero-order valence-corrected chi connectivity index (χ0v) is 28.7. The maximum Gasteiger partial charge on any atom is 0.236 e. The second-order valence-electron chi connectivity index (χ2n) is 13.4. The number of nitrogens with one attached hydrogen (secondary N) is 2. The Bertz CT molecular complexity index is 1510. The van der Waals surface area contributed by atoms with E-state index >= 15 is 0 Å². The van der Waals surface area contributed by atoms with E-state index < -0.39 is 15.5 Å². The van der Waals surface area contributed by atoms with E-state index in [1.54, 1.807) is 0 Å². The first-order valence-electron chi connectivity index (χ1n) is 16.0. The number of aromatic amines is 1. The molecule has 0 bridgehead atoms. The molecule has 0 aliphatic carbocycles. The normalized spacial score (nSPS) is 19.6. The Morgan fingerprint density at radius 3 is 2.47 bits per heavy atom. The molecule has 2 aromatic heterocycles. The van der Waals surface area contributed by atoms with Crippen LogP contribution in [0.5, 0.6) is 5.75 Å². The van der Waals surface area contributed by atoms with Gasteiger partial charge in [0.05, 0.1) is 34.4 Å². The van der Waals surface area contributed by atoms with Crippen LogP contribution in [-0.2, 0) is 15.6 Å². The topological polar surface area (TPSA) is 123 Å². The Balaban J connectivity index is 1.18. The lowest BCUT2D eigenvalue weighted by Crippen LogP contribution is -2.55. The Morgan fingerprint density at radius 1 is 1.07 bits per heavy atom. The van der Waals surface area contributed by atoms with Crippen LogP contribution in [0.2, 0.25) is 0 Å². The summed E-state index contributed by atoms with van der Waals surface area (Å²) in [4.78, 5) is 31.5. The molecule has 2 saturated heterocycles. The molecule has 0 radical (unpaired) electrons. The van der Waals surface area contributed by atoms with Gasteiger partial charge >= 0.3 is 0 Å². The van der Waals surface area contributed by atoms with Crippen molar-refractivity contribution < 1.29 is 13.7 Å². The third-order valence-electron chi connectivity index (χ3n) is 8.96. The van der Waals surface area contributed by atoms with E-state index in [0.29, 0.717) is 47.0 Å². The molecular formula is C32H49N9O3S. The second kappa shape index (κ2) is 14.1. The van der Waals surface area contributed by atoms with E-state index in [1.165, 1.54) is 6.33 Å². The lowest BCUT2D eigenvalue weighted by atomic mass is 10.2. The first-order chi connectivity index (χ1) is 21.4. The predicted octanol–water partition coefficient (Wildman–Crippen LogP) is 3.17. The van der Waals surface area contributed by atoms with E-state index in [2.05, 4.69) is 54.2 Å². The van der Waals surface area contributed by atoms with E-state index in [-0.39, 0.29) is 5.91 Å². The van der Waals surface area contributed by atoms with Crippen molar-refractivity contribution in [1.82, 2.24) is 39.8 Å². The van der Waals surface area contributed by atoms with Gasteiger partial charge in [-0.15, -0.1) is 0 Å². The average molecular weight is 640 g/mol. The summed E-state index contributed by atoms with van der Waals surface area (Å²) in [5.74, 6) is 2.14. The molecular weight excluding hydrogens is 590 g/mol. The van der Waals surface area contributed by atoms with Gasteiger partial charge in [-0.3, -0.25) is 19.0 Å². The van der Waals surface area contributed by atoms with Gasteiger partial charge < -0.3 is 24.8 Å². The highest BCUT2D eigenvalue weighted by Gasteiger charge is 2.28. The lowest BCUT2D eigenvalue weighted by Gasteiger charge is -2.39. The number of hydrogen-bond acceptors (Lipinski definition) is 10. The maximum atomic E-state index is 13.7. The third-order valence-corrected chi connectivity index (χ3v) is 10.8. The third kappa shape index (κ3) is 8.00. The molecule has 2 N–H and O–H groups in total. The number of rotatable bonds is 10. The number of ether oxygens (including phenoxy) is 1. The minimum Gasteiger partial charge on any atom is -0.492 e. The van der Waals surface area contributed by atoms with Gasteiger partial charge in [-0.2, -0.15) is 5.10 Å². The fourth-order valence-electron chi connectivity index (χ4n) is 5.68. The van der Waals surface area contributed by atoms with Crippen LogP contribution in [0.4, 0.5) is 11.6 Å². The molecule has 2 fully saturated rings. The van der Waals surface area contributed by atoms with Crippen LogP contribution in [-0.4, -0.2) is 133 Å². The Labute approximate surface area is 269 Å². The quantitative estimate of drug-likeness (QED) is 0.320. The first-order valence-corrected chi connectivity index (χ1v) is 17.1. The summed E-state index contributed by atoms with van der Waals surface area (Å²) in [5, 5.41) is 11.4. The van der Waals surface area contributed by atoms with E-state index in [1.807, 2.05) is 51.7 Å². The highest BCUT2D eigenvalue weighted by atomic mass is 32.2. The van der Waals surface area contributed by atoms with Crippen molar-refractivity contribution in [3.8, 4) is 5.75 Å². The smallest absolute Gasteiger partial charge is 0.236 e. The van der Waals surface area contributed by atoms with Crippen LogP contribution in [0, 0.1) is 13.8 Å². The number of H-pyrrole nitrogens is 1. The summed E-state index contributed by atoms with van der Waals surface area (Å²) in [6.45, 7) is 20.2. The van der Waals surface area contributed by atoms with Crippen LogP contribution < -0.4 is 10.1 Å². The standard InChI is InChI=1S/C32H49N9O3S/c1-22-19-41(15-10-38(22)7)29(42)20-40-13-11-39(12-14-40)9-8-16-44-27-18-26-25(17-28(27)45(43)32(4,5)6)31(34-21-33-26)35-30-23(2)24(3)36-37-30/h17-18,21-22H,8-16,19-20H2,1-7H3,(H2,33,34,35,36,37)/t22-,45?/m1/s1. The molecule has 13 heteroatoms. The summed E-state index contributed by atoms with van der Waals surface area (Å²) < 4.78 is 19.5. The average Bonchev–Trinajstić information content (AvgIpc) is 3.32. The van der Waals surface area contributed by atoms with Gasteiger partial charge in [-0.1, -0.05) is 0 Å². The molecule has 1 amide bonds. The van der Waals surface area contributed by atoms with Crippen molar-refractivity contribution >= 4 is 39.2 Å². The van der Waals surface area contributed by atoms with Crippen molar-refractivity contribution in [1.29, 1.82) is 0 Å². The molecule has 12 nitrogen and oxygen atoms in total. The largest absolute Gasteiger partial charge is 0.492 e.